The lowest BCUT2D eigenvalue weighted by Gasteiger charge is -2.09. The van der Waals surface area contributed by atoms with E-state index in [2.05, 4.69) is 40.6 Å². The lowest BCUT2D eigenvalue weighted by atomic mass is 10.1. The topological polar surface area (TPSA) is 62.7 Å². The average molecular weight is 304 g/mol. The highest BCUT2D eigenvalue weighted by atomic mass is 32.2. The van der Waals surface area contributed by atoms with Crippen LogP contribution in [-0.4, -0.2) is 20.8 Å². The maximum absolute atomic E-state index is 11.6. The fraction of sp³-hybridized carbons (Fsp3) is 0.467. The fourth-order valence-corrected chi connectivity index (χ4v) is 3.21. The van der Waals surface area contributed by atoms with Crippen molar-refractivity contribution in [3.05, 3.63) is 39.8 Å². The van der Waals surface area contributed by atoms with E-state index in [4.69, 9.17) is 0 Å². The van der Waals surface area contributed by atoms with Gasteiger partial charge in [-0.3, -0.25) is 4.57 Å². The Bertz CT molecular complexity index is 687. The van der Waals surface area contributed by atoms with Gasteiger partial charge in [0.25, 0.3) is 0 Å². The number of aromatic amines is 1. The fourth-order valence-electron chi connectivity index (χ4n) is 2.24. The second-order valence-corrected chi connectivity index (χ2v) is 6.42. The number of aromatic nitrogens is 3. The number of hydrogen-bond donors (Lipinski definition) is 2. The van der Waals surface area contributed by atoms with Gasteiger partial charge in [0.05, 0.1) is 0 Å². The molecule has 1 saturated carbocycles. The summed E-state index contributed by atoms with van der Waals surface area (Å²) in [4.78, 5) is 12.7. The summed E-state index contributed by atoms with van der Waals surface area (Å²) in [5, 5.41) is 10.8. The zero-order valence-corrected chi connectivity index (χ0v) is 13.2. The Hall–Kier alpha value is -1.53. The number of nitrogens with one attached hydrogen (secondary N) is 2. The van der Waals surface area contributed by atoms with E-state index in [9.17, 15) is 4.79 Å². The van der Waals surface area contributed by atoms with E-state index in [1.54, 1.807) is 4.57 Å². The molecule has 0 atom stereocenters. The van der Waals surface area contributed by atoms with Crippen LogP contribution in [-0.2, 0) is 13.1 Å². The number of hydrogen-bond acceptors (Lipinski definition) is 4. The van der Waals surface area contributed by atoms with Crippen molar-refractivity contribution >= 4 is 11.8 Å². The van der Waals surface area contributed by atoms with Gasteiger partial charge in [0, 0.05) is 24.0 Å². The number of aryl methyl sites for hydroxylation is 1. The molecule has 0 amide bonds. The molecule has 3 rings (SSSR count). The Morgan fingerprint density at radius 3 is 2.95 bits per heavy atom. The Balaban J connectivity index is 1.74. The van der Waals surface area contributed by atoms with Crippen molar-refractivity contribution in [2.75, 3.05) is 0 Å². The van der Waals surface area contributed by atoms with Gasteiger partial charge in [-0.25, -0.2) is 9.89 Å². The first-order valence-electron chi connectivity index (χ1n) is 7.33. The smallest absolute Gasteiger partial charge is 0.310 e. The summed E-state index contributed by atoms with van der Waals surface area (Å²) in [5.41, 5.74) is 2.37. The Morgan fingerprint density at radius 2 is 2.29 bits per heavy atom. The van der Waals surface area contributed by atoms with Crippen molar-refractivity contribution in [1.29, 1.82) is 0 Å². The van der Waals surface area contributed by atoms with E-state index in [1.165, 1.54) is 35.7 Å². The van der Waals surface area contributed by atoms with E-state index >= 15 is 0 Å². The van der Waals surface area contributed by atoms with Gasteiger partial charge in [-0.05, 0) is 55.6 Å². The third-order valence-corrected chi connectivity index (χ3v) is 4.82. The van der Waals surface area contributed by atoms with Crippen LogP contribution in [0.2, 0.25) is 0 Å². The molecule has 0 saturated heterocycles. The molecule has 1 heterocycles. The normalized spacial score (nSPS) is 14.6. The first kappa shape index (κ1) is 14.4. The van der Waals surface area contributed by atoms with Crippen molar-refractivity contribution in [2.24, 2.45) is 0 Å². The summed E-state index contributed by atoms with van der Waals surface area (Å²) >= 11 is 1.53. The molecular formula is C15H20N4OS. The first-order chi connectivity index (χ1) is 10.2. The third kappa shape index (κ3) is 3.39. The molecule has 21 heavy (non-hydrogen) atoms. The lowest BCUT2D eigenvalue weighted by molar-refractivity contribution is 0.660. The van der Waals surface area contributed by atoms with Crippen LogP contribution in [0.15, 0.2) is 33.0 Å². The number of rotatable bonds is 6. The molecule has 1 fully saturated rings. The average Bonchev–Trinajstić information content (AvgIpc) is 3.23. The monoisotopic (exact) mass is 304 g/mol. The zero-order chi connectivity index (χ0) is 14.8. The van der Waals surface area contributed by atoms with Crippen LogP contribution in [0.25, 0.3) is 0 Å². The predicted octanol–water partition coefficient (Wildman–Crippen LogP) is 2.30. The molecule has 2 N–H and O–H groups in total. The largest absolute Gasteiger partial charge is 0.343 e. The molecular weight excluding hydrogens is 284 g/mol. The minimum atomic E-state index is -0.150. The van der Waals surface area contributed by atoms with Crippen molar-refractivity contribution in [1.82, 2.24) is 20.1 Å². The van der Waals surface area contributed by atoms with Gasteiger partial charge >= 0.3 is 5.69 Å². The van der Waals surface area contributed by atoms with E-state index in [1.807, 2.05) is 6.92 Å². The maximum Gasteiger partial charge on any atom is 0.343 e. The number of nitrogens with zero attached hydrogens (tertiary/aromatic N) is 2. The van der Waals surface area contributed by atoms with Crippen LogP contribution >= 0.6 is 11.8 Å². The zero-order valence-electron chi connectivity index (χ0n) is 12.3. The van der Waals surface area contributed by atoms with Crippen LogP contribution in [0, 0.1) is 6.92 Å². The van der Waals surface area contributed by atoms with Gasteiger partial charge in [0.1, 0.15) is 0 Å². The van der Waals surface area contributed by atoms with E-state index in [-0.39, 0.29) is 5.69 Å². The quantitative estimate of drug-likeness (QED) is 0.859. The van der Waals surface area contributed by atoms with E-state index < -0.39 is 0 Å². The molecule has 112 valence electrons. The highest BCUT2D eigenvalue weighted by Gasteiger charge is 2.20. The van der Waals surface area contributed by atoms with Gasteiger partial charge in [0.15, 0.2) is 5.16 Å². The highest BCUT2D eigenvalue weighted by molar-refractivity contribution is 7.99. The van der Waals surface area contributed by atoms with Crippen LogP contribution in [0.1, 0.15) is 30.9 Å². The Kier molecular flexibility index (Phi) is 4.17. The Morgan fingerprint density at radius 1 is 1.48 bits per heavy atom. The van der Waals surface area contributed by atoms with Crippen molar-refractivity contribution in [3.63, 3.8) is 0 Å². The molecule has 5 nitrogen and oxygen atoms in total. The second-order valence-electron chi connectivity index (χ2n) is 5.41. The van der Waals surface area contributed by atoms with Gasteiger partial charge < -0.3 is 5.32 Å². The standard InChI is InChI=1S/C15H20N4OS/c1-3-19-14(20)17-18-15(19)21-13-7-4-11(8-10(13)2)9-16-12-5-6-12/h4,7-8,12,16H,3,5-6,9H2,1-2H3,(H,17,20). The molecule has 1 aromatic carbocycles. The highest BCUT2D eigenvalue weighted by Crippen LogP contribution is 2.29. The number of benzene rings is 1. The summed E-state index contributed by atoms with van der Waals surface area (Å²) in [7, 11) is 0. The van der Waals surface area contributed by atoms with Crippen LogP contribution < -0.4 is 11.0 Å². The molecule has 0 spiro atoms. The Labute approximate surface area is 128 Å². The summed E-state index contributed by atoms with van der Waals surface area (Å²) in [5.74, 6) is 0. The van der Waals surface area contributed by atoms with Crippen molar-refractivity contribution in [2.45, 2.75) is 55.9 Å². The van der Waals surface area contributed by atoms with Crippen LogP contribution in [0.5, 0.6) is 0 Å². The van der Waals surface area contributed by atoms with E-state index in [0.29, 0.717) is 6.54 Å². The van der Waals surface area contributed by atoms with Crippen LogP contribution in [0.4, 0.5) is 0 Å². The molecule has 6 heteroatoms. The number of H-pyrrole nitrogens is 1. The van der Waals surface area contributed by atoms with Crippen molar-refractivity contribution < 1.29 is 0 Å². The second kappa shape index (κ2) is 6.07. The summed E-state index contributed by atoms with van der Waals surface area (Å²) in [6, 6.07) is 7.19. The minimum Gasteiger partial charge on any atom is -0.310 e. The van der Waals surface area contributed by atoms with Crippen LogP contribution in [0.3, 0.4) is 0 Å². The van der Waals surface area contributed by atoms with Crippen molar-refractivity contribution in [3.8, 4) is 0 Å². The summed E-state index contributed by atoms with van der Waals surface area (Å²) in [6.45, 7) is 5.60. The SMILES string of the molecule is CCn1c(Sc2ccc(CNC3CC3)cc2C)n[nH]c1=O. The lowest BCUT2D eigenvalue weighted by Crippen LogP contribution is -2.16. The molecule has 2 aromatic rings. The summed E-state index contributed by atoms with van der Waals surface area (Å²) < 4.78 is 1.65. The van der Waals surface area contributed by atoms with Gasteiger partial charge in [-0.1, -0.05) is 12.1 Å². The molecule has 1 aromatic heterocycles. The molecule has 0 radical (unpaired) electrons. The van der Waals surface area contributed by atoms with E-state index in [0.717, 1.165) is 22.6 Å². The molecule has 1 aliphatic rings. The molecule has 0 bridgehead atoms. The van der Waals surface area contributed by atoms with Gasteiger partial charge in [0.2, 0.25) is 0 Å². The third-order valence-electron chi connectivity index (χ3n) is 3.65. The molecule has 0 aliphatic heterocycles. The van der Waals surface area contributed by atoms with Gasteiger partial charge in [-0.15, -0.1) is 5.10 Å². The van der Waals surface area contributed by atoms with Gasteiger partial charge in [-0.2, -0.15) is 0 Å². The predicted molar refractivity (Wildman–Crippen MR) is 83.7 cm³/mol. The maximum atomic E-state index is 11.6. The minimum absolute atomic E-state index is 0.150. The first-order valence-corrected chi connectivity index (χ1v) is 8.15. The molecule has 1 aliphatic carbocycles. The molecule has 0 unspecified atom stereocenters. The summed E-state index contributed by atoms with van der Waals surface area (Å²) in [6.07, 6.45) is 2.61.